The van der Waals surface area contributed by atoms with Crippen LogP contribution in [-0.2, 0) is 0 Å². The van der Waals surface area contributed by atoms with Crippen LogP contribution in [0.1, 0.15) is 38.5 Å². The van der Waals surface area contributed by atoms with Gasteiger partial charge in [-0.2, -0.15) is 0 Å². The Kier molecular flexibility index (Phi) is 7.54. The molecule has 1 saturated heterocycles. The van der Waals surface area contributed by atoms with Gasteiger partial charge in [0.15, 0.2) is 0 Å². The van der Waals surface area contributed by atoms with Crippen LogP contribution in [0.2, 0.25) is 0 Å². The van der Waals surface area contributed by atoms with Gasteiger partial charge in [-0.3, -0.25) is 0 Å². The van der Waals surface area contributed by atoms with Crippen molar-refractivity contribution in [3.05, 3.63) is 0 Å². The van der Waals surface area contributed by atoms with Crippen LogP contribution in [0.3, 0.4) is 0 Å². The van der Waals surface area contributed by atoms with Gasteiger partial charge in [0.05, 0.1) is 0 Å². The second-order valence-corrected chi connectivity index (χ2v) is 2.87. The van der Waals surface area contributed by atoms with Crippen molar-refractivity contribution in [3.8, 4) is 0 Å². The van der Waals surface area contributed by atoms with Gasteiger partial charge in [0.2, 0.25) is 0 Å². The molecule has 0 spiro atoms. The minimum Gasteiger partial charge on any atom is -0.317 e. The molecule has 10 heavy (non-hydrogen) atoms. The highest BCUT2D eigenvalue weighted by Gasteiger charge is 1.94. The molecule has 0 aromatic rings. The molecule has 0 aliphatic carbocycles. The SMILES string of the molecule is C1CCCCNCCC1.Cl. The molecule has 62 valence electrons. The van der Waals surface area contributed by atoms with Gasteiger partial charge >= 0.3 is 0 Å². The van der Waals surface area contributed by atoms with Crippen LogP contribution >= 0.6 is 12.4 Å². The summed E-state index contributed by atoms with van der Waals surface area (Å²) in [5.41, 5.74) is 0. The standard InChI is InChI=1S/C8H17N.ClH/c1-2-4-6-8-9-7-5-3-1;/h9H,1-8H2;1H. The van der Waals surface area contributed by atoms with Gasteiger partial charge in [-0.25, -0.2) is 0 Å². The molecule has 1 nitrogen and oxygen atoms in total. The first kappa shape index (κ1) is 10.2. The molecule has 0 saturated carbocycles. The third kappa shape index (κ3) is 5.07. The highest BCUT2D eigenvalue weighted by Crippen LogP contribution is 2.05. The van der Waals surface area contributed by atoms with Gasteiger partial charge in [-0.05, 0) is 25.9 Å². The lowest BCUT2D eigenvalue weighted by molar-refractivity contribution is 0.633. The van der Waals surface area contributed by atoms with Gasteiger partial charge in [-0.1, -0.05) is 25.7 Å². The third-order valence-electron chi connectivity index (χ3n) is 1.96. The summed E-state index contributed by atoms with van der Waals surface area (Å²) in [4.78, 5) is 0. The van der Waals surface area contributed by atoms with E-state index in [4.69, 9.17) is 0 Å². The van der Waals surface area contributed by atoms with E-state index in [1.165, 1.54) is 51.6 Å². The molecule has 0 radical (unpaired) electrons. The molecule has 1 N–H and O–H groups in total. The zero-order valence-electron chi connectivity index (χ0n) is 6.57. The molecular weight excluding hydrogens is 146 g/mol. The van der Waals surface area contributed by atoms with Crippen LogP contribution < -0.4 is 5.32 Å². The molecule has 1 heterocycles. The first-order chi connectivity index (χ1) is 4.50. The van der Waals surface area contributed by atoms with Crippen LogP contribution in [0.4, 0.5) is 0 Å². The highest BCUT2D eigenvalue weighted by molar-refractivity contribution is 5.85. The van der Waals surface area contributed by atoms with Crippen molar-refractivity contribution in [2.24, 2.45) is 0 Å². The number of nitrogens with one attached hydrogen (secondary N) is 1. The summed E-state index contributed by atoms with van der Waals surface area (Å²) in [6, 6.07) is 0. The van der Waals surface area contributed by atoms with E-state index in [9.17, 15) is 0 Å². The fourth-order valence-corrected chi connectivity index (χ4v) is 1.33. The maximum Gasteiger partial charge on any atom is -0.00489 e. The average molecular weight is 164 g/mol. The summed E-state index contributed by atoms with van der Waals surface area (Å²) in [6.07, 6.45) is 8.57. The smallest absolute Gasteiger partial charge is 0.00489 e. The van der Waals surface area contributed by atoms with Crippen LogP contribution in [0.5, 0.6) is 0 Å². The lowest BCUT2D eigenvalue weighted by Gasteiger charge is -1.98. The monoisotopic (exact) mass is 163 g/mol. The fourth-order valence-electron chi connectivity index (χ4n) is 1.33. The number of hydrogen-bond donors (Lipinski definition) is 1. The van der Waals surface area contributed by atoms with E-state index in [0.29, 0.717) is 0 Å². The second kappa shape index (κ2) is 7.36. The number of hydrogen-bond acceptors (Lipinski definition) is 1. The minimum absolute atomic E-state index is 0. The first-order valence-electron chi connectivity index (χ1n) is 4.21. The van der Waals surface area contributed by atoms with Gasteiger partial charge in [0.1, 0.15) is 0 Å². The summed E-state index contributed by atoms with van der Waals surface area (Å²) in [6.45, 7) is 2.50. The van der Waals surface area contributed by atoms with Crippen molar-refractivity contribution in [1.29, 1.82) is 0 Å². The molecule has 1 aliphatic rings. The Labute approximate surface area is 70.0 Å². The molecule has 1 fully saturated rings. The zero-order valence-corrected chi connectivity index (χ0v) is 7.38. The molecule has 0 amide bonds. The van der Waals surface area contributed by atoms with E-state index in [1.807, 2.05) is 0 Å². The zero-order chi connectivity index (χ0) is 6.36. The Balaban J connectivity index is 0.000000810. The third-order valence-corrected chi connectivity index (χ3v) is 1.96. The Morgan fingerprint density at radius 2 is 1.00 bits per heavy atom. The van der Waals surface area contributed by atoms with E-state index in [0.717, 1.165) is 0 Å². The topological polar surface area (TPSA) is 12.0 Å². The molecule has 0 aromatic carbocycles. The second-order valence-electron chi connectivity index (χ2n) is 2.87. The lowest BCUT2D eigenvalue weighted by Crippen LogP contribution is -2.15. The quantitative estimate of drug-likeness (QED) is 0.578. The van der Waals surface area contributed by atoms with E-state index >= 15 is 0 Å². The van der Waals surface area contributed by atoms with Crippen molar-refractivity contribution in [1.82, 2.24) is 5.32 Å². The summed E-state index contributed by atoms with van der Waals surface area (Å²) >= 11 is 0. The maximum absolute atomic E-state index is 3.43. The van der Waals surface area contributed by atoms with Crippen LogP contribution in [-0.4, -0.2) is 13.1 Å². The molecule has 1 aliphatic heterocycles. The molecule has 0 atom stereocenters. The summed E-state index contributed by atoms with van der Waals surface area (Å²) in [5.74, 6) is 0. The molecular formula is C8H18ClN. The van der Waals surface area contributed by atoms with Crippen LogP contribution in [0, 0.1) is 0 Å². The van der Waals surface area contributed by atoms with E-state index in [2.05, 4.69) is 5.32 Å². The van der Waals surface area contributed by atoms with Gasteiger partial charge in [-0.15, -0.1) is 12.4 Å². The molecule has 1 rings (SSSR count). The van der Waals surface area contributed by atoms with Crippen molar-refractivity contribution in [2.45, 2.75) is 38.5 Å². The summed E-state index contributed by atoms with van der Waals surface area (Å²) in [7, 11) is 0. The van der Waals surface area contributed by atoms with E-state index in [1.54, 1.807) is 0 Å². The Bertz CT molecular complexity index is 37.7. The molecule has 0 unspecified atom stereocenters. The largest absolute Gasteiger partial charge is 0.317 e. The Morgan fingerprint density at radius 1 is 0.600 bits per heavy atom. The number of rotatable bonds is 0. The Morgan fingerprint density at radius 3 is 1.50 bits per heavy atom. The normalized spacial score (nSPS) is 21.6. The van der Waals surface area contributed by atoms with E-state index in [-0.39, 0.29) is 12.4 Å². The van der Waals surface area contributed by atoms with Crippen molar-refractivity contribution in [3.63, 3.8) is 0 Å². The molecule has 0 bridgehead atoms. The fraction of sp³-hybridized carbons (Fsp3) is 1.00. The molecule has 0 aromatic heterocycles. The Hall–Kier alpha value is 0.250. The van der Waals surface area contributed by atoms with Crippen LogP contribution in [0.25, 0.3) is 0 Å². The maximum atomic E-state index is 3.43. The van der Waals surface area contributed by atoms with Gasteiger partial charge < -0.3 is 5.32 Å². The van der Waals surface area contributed by atoms with Gasteiger partial charge in [0.25, 0.3) is 0 Å². The van der Waals surface area contributed by atoms with Crippen molar-refractivity contribution in [2.75, 3.05) is 13.1 Å². The van der Waals surface area contributed by atoms with E-state index < -0.39 is 0 Å². The van der Waals surface area contributed by atoms with Crippen LogP contribution in [0.15, 0.2) is 0 Å². The summed E-state index contributed by atoms with van der Waals surface area (Å²) in [5, 5.41) is 3.43. The minimum atomic E-state index is 0. The predicted octanol–water partition coefficient (Wildman–Crippen LogP) is 2.35. The first-order valence-corrected chi connectivity index (χ1v) is 4.21. The van der Waals surface area contributed by atoms with Gasteiger partial charge in [0, 0.05) is 0 Å². The summed E-state index contributed by atoms with van der Waals surface area (Å²) < 4.78 is 0. The van der Waals surface area contributed by atoms with Crippen molar-refractivity contribution >= 4 is 12.4 Å². The average Bonchev–Trinajstić information content (AvgIpc) is 2.00. The predicted molar refractivity (Wildman–Crippen MR) is 47.8 cm³/mol. The number of halogens is 1. The highest BCUT2D eigenvalue weighted by atomic mass is 35.5. The molecule has 2 heteroatoms. The lowest BCUT2D eigenvalue weighted by atomic mass is 10.1. The van der Waals surface area contributed by atoms with Crippen molar-refractivity contribution < 1.29 is 0 Å².